The van der Waals surface area contributed by atoms with Crippen LogP contribution in [0.25, 0.3) is 0 Å². The van der Waals surface area contributed by atoms with Gasteiger partial charge in [0.05, 0.1) is 11.0 Å². The number of aromatic carboxylic acids is 1. The summed E-state index contributed by atoms with van der Waals surface area (Å²) >= 11 is 0. The van der Waals surface area contributed by atoms with Crippen LogP contribution in [0.2, 0.25) is 0 Å². The zero-order chi connectivity index (χ0) is 12.1. The molecule has 0 atom stereocenters. The third-order valence-corrected chi connectivity index (χ3v) is 3.12. The number of amides is 1. The molecule has 0 fully saturated rings. The number of rotatable bonds is 1. The van der Waals surface area contributed by atoms with Crippen LogP contribution in [0.4, 0.5) is 5.69 Å². The average Bonchev–Trinajstić information content (AvgIpc) is 2.40. The number of carbonyl (C=O) groups is 2. The summed E-state index contributed by atoms with van der Waals surface area (Å²) in [5, 5.41) is 8.89. The number of hydrogen-bond donors (Lipinski definition) is 1. The lowest BCUT2D eigenvalue weighted by molar-refractivity contribution is -0.121. The second-order valence-electron chi connectivity index (χ2n) is 4.53. The van der Waals surface area contributed by atoms with E-state index in [0.29, 0.717) is 5.69 Å². The van der Waals surface area contributed by atoms with Crippen LogP contribution in [-0.2, 0) is 10.2 Å². The van der Waals surface area contributed by atoms with E-state index in [1.165, 1.54) is 11.0 Å². The third-order valence-electron chi connectivity index (χ3n) is 3.12. The highest BCUT2D eigenvalue weighted by atomic mass is 16.4. The summed E-state index contributed by atoms with van der Waals surface area (Å²) in [5.74, 6) is -0.988. The van der Waals surface area contributed by atoms with E-state index in [4.69, 9.17) is 5.11 Å². The minimum atomic E-state index is -0.978. The highest BCUT2D eigenvalue weighted by Crippen LogP contribution is 2.40. The van der Waals surface area contributed by atoms with Crippen molar-refractivity contribution in [2.45, 2.75) is 19.3 Å². The van der Waals surface area contributed by atoms with E-state index >= 15 is 0 Å². The summed E-state index contributed by atoms with van der Waals surface area (Å²) in [6.45, 7) is 3.69. The predicted octanol–water partition coefficient (Wildman–Crippen LogP) is 1.64. The highest BCUT2D eigenvalue weighted by Gasteiger charge is 2.42. The molecule has 1 aliphatic heterocycles. The first kappa shape index (κ1) is 10.7. The van der Waals surface area contributed by atoms with Crippen LogP contribution in [0.15, 0.2) is 18.2 Å². The van der Waals surface area contributed by atoms with Crippen molar-refractivity contribution in [2.75, 3.05) is 11.9 Å². The van der Waals surface area contributed by atoms with E-state index < -0.39 is 11.4 Å². The number of likely N-dealkylation sites (N-methyl/N-ethyl adjacent to an activating group) is 1. The van der Waals surface area contributed by atoms with E-state index in [2.05, 4.69) is 0 Å². The molecule has 2 rings (SSSR count). The van der Waals surface area contributed by atoms with Gasteiger partial charge in [-0.3, -0.25) is 4.79 Å². The van der Waals surface area contributed by atoms with Crippen LogP contribution in [0.1, 0.15) is 29.8 Å². The van der Waals surface area contributed by atoms with Gasteiger partial charge in [0.1, 0.15) is 0 Å². The van der Waals surface area contributed by atoms with Gasteiger partial charge in [0.2, 0.25) is 5.91 Å². The van der Waals surface area contributed by atoms with Gasteiger partial charge in [-0.1, -0.05) is 6.07 Å². The second kappa shape index (κ2) is 3.07. The number of anilines is 1. The molecule has 0 spiro atoms. The van der Waals surface area contributed by atoms with Crippen LogP contribution >= 0.6 is 0 Å². The lowest BCUT2D eigenvalue weighted by Gasteiger charge is -2.16. The van der Waals surface area contributed by atoms with Crippen LogP contribution in [0.3, 0.4) is 0 Å². The largest absolute Gasteiger partial charge is 0.478 e. The van der Waals surface area contributed by atoms with E-state index in [9.17, 15) is 9.59 Å². The van der Waals surface area contributed by atoms with Crippen molar-refractivity contribution in [1.82, 2.24) is 0 Å². The van der Waals surface area contributed by atoms with E-state index in [1.54, 1.807) is 19.2 Å². The van der Waals surface area contributed by atoms with Crippen molar-refractivity contribution in [3.63, 3.8) is 0 Å². The fourth-order valence-electron chi connectivity index (χ4n) is 2.11. The van der Waals surface area contributed by atoms with Gasteiger partial charge in [-0.05, 0) is 31.5 Å². The van der Waals surface area contributed by atoms with Gasteiger partial charge in [-0.15, -0.1) is 0 Å². The van der Waals surface area contributed by atoms with Gasteiger partial charge in [0.25, 0.3) is 0 Å². The molecule has 1 aromatic rings. The second-order valence-corrected chi connectivity index (χ2v) is 4.53. The fourth-order valence-corrected chi connectivity index (χ4v) is 2.11. The minimum Gasteiger partial charge on any atom is -0.478 e. The Morgan fingerprint density at radius 3 is 2.56 bits per heavy atom. The minimum absolute atomic E-state index is 0.00922. The smallest absolute Gasteiger partial charge is 0.335 e. The molecule has 84 valence electrons. The molecule has 4 nitrogen and oxygen atoms in total. The van der Waals surface area contributed by atoms with Crippen molar-refractivity contribution < 1.29 is 14.7 Å². The quantitative estimate of drug-likeness (QED) is 0.781. The zero-order valence-electron chi connectivity index (χ0n) is 9.44. The SMILES string of the molecule is CN1C(=O)C(C)(C)c2ccc(C(=O)O)cc21. The van der Waals surface area contributed by atoms with Crippen LogP contribution in [0.5, 0.6) is 0 Å². The summed E-state index contributed by atoms with van der Waals surface area (Å²) in [6.07, 6.45) is 0. The molecule has 1 aromatic carbocycles. The highest BCUT2D eigenvalue weighted by molar-refractivity contribution is 6.08. The van der Waals surface area contributed by atoms with E-state index in [0.717, 1.165) is 5.56 Å². The summed E-state index contributed by atoms with van der Waals surface area (Å²) in [5.41, 5.74) is 1.21. The molecule has 4 heteroatoms. The summed E-state index contributed by atoms with van der Waals surface area (Å²) in [7, 11) is 1.67. The molecule has 1 heterocycles. The Balaban J connectivity index is 2.63. The summed E-state index contributed by atoms with van der Waals surface area (Å²) < 4.78 is 0. The number of carbonyl (C=O) groups excluding carboxylic acids is 1. The number of nitrogens with zero attached hydrogens (tertiary/aromatic N) is 1. The van der Waals surface area contributed by atoms with Crippen molar-refractivity contribution in [3.8, 4) is 0 Å². The van der Waals surface area contributed by atoms with E-state index in [-0.39, 0.29) is 11.5 Å². The number of carboxylic acid groups (broad SMARTS) is 1. The molecule has 1 aliphatic rings. The average molecular weight is 219 g/mol. The first-order valence-corrected chi connectivity index (χ1v) is 5.01. The zero-order valence-corrected chi connectivity index (χ0v) is 9.44. The van der Waals surface area contributed by atoms with E-state index in [1.807, 2.05) is 13.8 Å². The number of benzene rings is 1. The van der Waals surface area contributed by atoms with Crippen molar-refractivity contribution >= 4 is 17.6 Å². The molecular formula is C12H13NO3. The predicted molar refractivity (Wildman–Crippen MR) is 59.8 cm³/mol. The molecule has 0 aliphatic carbocycles. The maximum absolute atomic E-state index is 11.9. The standard InChI is InChI=1S/C12H13NO3/c1-12(2)8-5-4-7(10(14)15)6-9(8)13(3)11(12)16/h4-6H,1-3H3,(H,14,15). The molecule has 1 amide bonds. The maximum Gasteiger partial charge on any atom is 0.335 e. The van der Waals surface area contributed by atoms with Gasteiger partial charge in [0.15, 0.2) is 0 Å². The van der Waals surface area contributed by atoms with Crippen molar-refractivity contribution in [2.24, 2.45) is 0 Å². The summed E-state index contributed by atoms with van der Waals surface area (Å²) in [4.78, 5) is 24.3. The topological polar surface area (TPSA) is 57.6 Å². The monoisotopic (exact) mass is 219 g/mol. The van der Waals surface area contributed by atoms with Crippen molar-refractivity contribution in [1.29, 1.82) is 0 Å². The molecule has 0 saturated heterocycles. The molecule has 1 N–H and O–H groups in total. The Morgan fingerprint density at radius 2 is 2.00 bits per heavy atom. The number of carboxylic acids is 1. The molecule has 0 bridgehead atoms. The summed E-state index contributed by atoms with van der Waals surface area (Å²) in [6, 6.07) is 4.81. The Labute approximate surface area is 93.5 Å². The van der Waals surface area contributed by atoms with Crippen LogP contribution < -0.4 is 4.90 Å². The number of hydrogen-bond acceptors (Lipinski definition) is 2. The van der Waals surface area contributed by atoms with Crippen LogP contribution in [0, 0.1) is 0 Å². The Hall–Kier alpha value is -1.84. The lowest BCUT2D eigenvalue weighted by atomic mass is 9.86. The Morgan fingerprint density at radius 1 is 1.38 bits per heavy atom. The fraction of sp³-hybridized carbons (Fsp3) is 0.333. The van der Waals surface area contributed by atoms with Gasteiger partial charge in [-0.25, -0.2) is 4.79 Å². The molecular weight excluding hydrogens is 206 g/mol. The van der Waals surface area contributed by atoms with Gasteiger partial charge in [0, 0.05) is 12.7 Å². The molecule has 0 aromatic heterocycles. The maximum atomic E-state index is 11.9. The van der Waals surface area contributed by atoms with Gasteiger partial charge < -0.3 is 10.0 Å². The Bertz CT molecular complexity index is 491. The lowest BCUT2D eigenvalue weighted by Crippen LogP contribution is -2.33. The van der Waals surface area contributed by atoms with Gasteiger partial charge in [-0.2, -0.15) is 0 Å². The number of fused-ring (bicyclic) bond motifs is 1. The normalized spacial score (nSPS) is 17.4. The first-order valence-electron chi connectivity index (χ1n) is 5.01. The third kappa shape index (κ3) is 1.23. The van der Waals surface area contributed by atoms with Gasteiger partial charge >= 0.3 is 5.97 Å². The molecule has 16 heavy (non-hydrogen) atoms. The Kier molecular flexibility index (Phi) is 2.05. The van der Waals surface area contributed by atoms with Crippen molar-refractivity contribution in [3.05, 3.63) is 29.3 Å². The first-order chi connectivity index (χ1) is 7.35. The molecule has 0 saturated carbocycles. The van der Waals surface area contributed by atoms with Crippen LogP contribution in [-0.4, -0.2) is 24.0 Å². The molecule has 0 radical (unpaired) electrons. The molecule has 0 unspecified atom stereocenters.